The summed E-state index contributed by atoms with van der Waals surface area (Å²) in [4.78, 5) is 0. The molecule has 2 fully saturated rings. The highest BCUT2D eigenvalue weighted by molar-refractivity contribution is 5.16. The molecule has 6 heteroatoms. The highest BCUT2D eigenvalue weighted by Gasteiger charge is 2.26. The summed E-state index contributed by atoms with van der Waals surface area (Å²) < 4.78 is 1.92. The van der Waals surface area contributed by atoms with Gasteiger partial charge in [0.1, 0.15) is 0 Å². The Morgan fingerprint density at radius 1 is 1.00 bits per heavy atom. The van der Waals surface area contributed by atoms with E-state index in [1.165, 1.54) is 31.2 Å². The van der Waals surface area contributed by atoms with Crippen LogP contribution in [-0.4, -0.2) is 30.4 Å². The largest absolute Gasteiger partial charge is 0.248 e. The van der Waals surface area contributed by atoms with Gasteiger partial charge in [0.25, 0.3) is 0 Å². The van der Waals surface area contributed by atoms with Gasteiger partial charge in [0, 0.05) is 18.0 Å². The molecule has 23 heavy (non-hydrogen) atoms. The second kappa shape index (κ2) is 6.32. The first kappa shape index (κ1) is 14.1. The van der Waals surface area contributed by atoms with Crippen LogP contribution >= 0.6 is 0 Å². The monoisotopic (exact) mass is 308 g/mol. The number of hydrogen-bond donors (Lipinski definition) is 1. The fourth-order valence-electron chi connectivity index (χ4n) is 2.51. The lowest BCUT2D eigenvalue weighted by atomic mass is 10.2. The Bertz CT molecular complexity index is 726. The van der Waals surface area contributed by atoms with Crippen LogP contribution in [-0.2, 0) is 6.54 Å². The first-order valence-corrected chi connectivity index (χ1v) is 8.18. The molecule has 0 saturated heterocycles. The molecule has 2 saturated carbocycles. The molecule has 3 aromatic rings. The average Bonchev–Trinajstić information content (AvgIpc) is 3.52. The fourth-order valence-corrected chi connectivity index (χ4v) is 2.51. The number of aromatic nitrogens is 6. The Morgan fingerprint density at radius 2 is 1.74 bits per heavy atom. The second-order valence-corrected chi connectivity index (χ2v) is 6.27. The van der Waals surface area contributed by atoms with Gasteiger partial charge in [-0.2, -0.15) is 15.4 Å². The summed E-state index contributed by atoms with van der Waals surface area (Å²) in [6.45, 7) is 0.820. The van der Waals surface area contributed by atoms with E-state index in [1.54, 1.807) is 6.20 Å². The Hall–Kier alpha value is -2.50. The van der Waals surface area contributed by atoms with Crippen molar-refractivity contribution in [3.8, 4) is 0 Å². The molecule has 1 N–H and O–H groups in total. The molecule has 0 spiro atoms. The van der Waals surface area contributed by atoms with Gasteiger partial charge in [-0.1, -0.05) is 35.5 Å². The third-order valence-electron chi connectivity index (χ3n) is 4.17. The topological polar surface area (TPSA) is 72.3 Å². The van der Waals surface area contributed by atoms with Gasteiger partial charge in [0.2, 0.25) is 0 Å². The number of aromatic amines is 1. The molecule has 0 unspecified atom stereocenters. The third kappa shape index (κ3) is 3.83. The molecular formula is C17H20N6. The lowest BCUT2D eigenvalue weighted by Crippen LogP contribution is -1.99. The van der Waals surface area contributed by atoms with E-state index in [1.807, 2.05) is 22.9 Å². The summed E-state index contributed by atoms with van der Waals surface area (Å²) >= 11 is 0. The molecule has 118 valence electrons. The smallest absolute Gasteiger partial charge is 0.0858 e. The van der Waals surface area contributed by atoms with Crippen molar-refractivity contribution in [3.63, 3.8) is 0 Å². The van der Waals surface area contributed by atoms with Crippen LogP contribution in [0.5, 0.6) is 0 Å². The first-order chi connectivity index (χ1) is 11.4. The minimum Gasteiger partial charge on any atom is -0.248 e. The minimum absolute atomic E-state index is 0.689. The predicted octanol–water partition coefficient (Wildman–Crippen LogP) is 2.89. The molecule has 2 heterocycles. The first-order valence-electron chi connectivity index (χ1n) is 8.18. The van der Waals surface area contributed by atoms with Gasteiger partial charge < -0.3 is 0 Å². The molecule has 5 rings (SSSR count). The molecule has 0 amide bonds. The zero-order valence-corrected chi connectivity index (χ0v) is 13.0. The molecular weight excluding hydrogens is 288 g/mol. The summed E-state index contributed by atoms with van der Waals surface area (Å²) in [7, 11) is 0. The van der Waals surface area contributed by atoms with Crippen molar-refractivity contribution in [2.45, 2.75) is 44.1 Å². The van der Waals surface area contributed by atoms with E-state index in [9.17, 15) is 0 Å². The second-order valence-electron chi connectivity index (χ2n) is 6.27. The van der Waals surface area contributed by atoms with Gasteiger partial charge in [0.15, 0.2) is 0 Å². The van der Waals surface area contributed by atoms with E-state index in [-0.39, 0.29) is 0 Å². The van der Waals surface area contributed by atoms with Crippen molar-refractivity contribution < 1.29 is 0 Å². The van der Waals surface area contributed by atoms with Crippen LogP contribution in [0.25, 0.3) is 0 Å². The van der Waals surface area contributed by atoms with Crippen molar-refractivity contribution >= 4 is 0 Å². The van der Waals surface area contributed by atoms with Crippen molar-refractivity contribution in [3.05, 3.63) is 59.7 Å². The Kier molecular flexibility index (Phi) is 3.88. The Morgan fingerprint density at radius 3 is 2.39 bits per heavy atom. The van der Waals surface area contributed by atoms with Crippen molar-refractivity contribution in [1.82, 2.24) is 30.4 Å². The van der Waals surface area contributed by atoms with E-state index < -0.39 is 0 Å². The molecule has 0 atom stereocenters. The molecule has 2 aliphatic rings. The highest BCUT2D eigenvalue weighted by Crippen LogP contribution is 2.38. The summed E-state index contributed by atoms with van der Waals surface area (Å²) in [5.74, 6) is 1.42. The number of benzene rings is 1. The van der Waals surface area contributed by atoms with Crippen molar-refractivity contribution in [2.24, 2.45) is 0 Å². The van der Waals surface area contributed by atoms with Crippen LogP contribution in [0, 0.1) is 0 Å². The van der Waals surface area contributed by atoms with Crippen molar-refractivity contribution in [1.29, 1.82) is 0 Å². The fraction of sp³-hybridized carbons (Fsp3) is 0.412. The van der Waals surface area contributed by atoms with Crippen LogP contribution in [0.3, 0.4) is 0 Å². The average molecular weight is 308 g/mol. The summed E-state index contributed by atoms with van der Waals surface area (Å²) in [5.41, 5.74) is 3.56. The van der Waals surface area contributed by atoms with E-state index in [0.717, 1.165) is 23.9 Å². The maximum atomic E-state index is 4.19. The van der Waals surface area contributed by atoms with E-state index >= 15 is 0 Å². The van der Waals surface area contributed by atoms with E-state index in [2.05, 4.69) is 44.1 Å². The Balaban J connectivity index is 0.000000142. The number of nitrogens with one attached hydrogen (secondary N) is 1. The molecule has 0 radical (unpaired) electrons. The van der Waals surface area contributed by atoms with E-state index in [0.29, 0.717) is 5.92 Å². The summed E-state index contributed by atoms with van der Waals surface area (Å²) in [6, 6.07) is 10.3. The van der Waals surface area contributed by atoms with Crippen molar-refractivity contribution in [2.75, 3.05) is 0 Å². The van der Waals surface area contributed by atoms with Gasteiger partial charge in [-0.05, 0) is 31.2 Å². The maximum Gasteiger partial charge on any atom is 0.0858 e. The zero-order chi connectivity index (χ0) is 15.5. The standard InChI is InChI=1S/C12H13N3.C5H7N3/c1-2-4-10(5-3-1)8-15-9-12(13-14-15)11-6-7-11;1-2-4(1)5-3-6-8-7-5/h1-5,9,11H,6-8H2;3-4H,1-2H2,(H,6,7,8). The highest BCUT2D eigenvalue weighted by atomic mass is 15.4. The van der Waals surface area contributed by atoms with Gasteiger partial charge >= 0.3 is 0 Å². The molecule has 1 aromatic carbocycles. The van der Waals surface area contributed by atoms with Gasteiger partial charge in [-0.3, -0.25) is 0 Å². The molecule has 2 aliphatic carbocycles. The number of rotatable bonds is 4. The number of hydrogen-bond acceptors (Lipinski definition) is 4. The number of nitrogens with zero attached hydrogens (tertiary/aromatic N) is 5. The molecule has 0 aliphatic heterocycles. The normalized spacial score (nSPS) is 16.7. The third-order valence-corrected chi connectivity index (χ3v) is 4.17. The van der Waals surface area contributed by atoms with E-state index in [4.69, 9.17) is 0 Å². The molecule has 2 aromatic heterocycles. The van der Waals surface area contributed by atoms with Crippen LogP contribution < -0.4 is 0 Å². The minimum atomic E-state index is 0.689. The lowest BCUT2D eigenvalue weighted by molar-refractivity contribution is 0.649. The summed E-state index contributed by atoms with van der Waals surface area (Å²) in [6.07, 6.45) is 9.04. The SMILES string of the molecule is c1ccc(Cn2cc(C3CC3)nn2)cc1.c1n[nH]nc1C1CC1. The molecule has 6 nitrogen and oxygen atoms in total. The van der Waals surface area contributed by atoms with Crippen LogP contribution in [0.2, 0.25) is 0 Å². The van der Waals surface area contributed by atoms with Gasteiger partial charge in [-0.25, -0.2) is 4.68 Å². The number of H-pyrrole nitrogens is 1. The van der Waals surface area contributed by atoms with Crippen LogP contribution in [0.1, 0.15) is 54.5 Å². The predicted molar refractivity (Wildman–Crippen MR) is 85.9 cm³/mol. The maximum absolute atomic E-state index is 4.19. The lowest BCUT2D eigenvalue weighted by Gasteiger charge is -1.99. The Labute approximate surface area is 134 Å². The molecule has 0 bridgehead atoms. The zero-order valence-electron chi connectivity index (χ0n) is 13.0. The summed E-state index contributed by atoms with van der Waals surface area (Å²) in [5, 5.41) is 18.6. The van der Waals surface area contributed by atoms with Crippen LogP contribution in [0.4, 0.5) is 0 Å². The van der Waals surface area contributed by atoms with Crippen LogP contribution in [0.15, 0.2) is 42.7 Å². The van der Waals surface area contributed by atoms with Gasteiger partial charge in [-0.15, -0.1) is 5.10 Å². The van der Waals surface area contributed by atoms with Gasteiger partial charge in [0.05, 0.1) is 24.1 Å². The quantitative estimate of drug-likeness (QED) is 0.804.